The van der Waals surface area contributed by atoms with E-state index in [2.05, 4.69) is 38.8 Å². The van der Waals surface area contributed by atoms with Crippen LogP contribution >= 0.6 is 0 Å². The van der Waals surface area contributed by atoms with E-state index >= 15 is 0 Å². The molecular formula is C15H27N3O4Si. The first-order valence-electron chi connectivity index (χ1n) is 7.88. The van der Waals surface area contributed by atoms with Crippen LogP contribution in [-0.2, 0) is 9.16 Å². The van der Waals surface area contributed by atoms with Crippen LogP contribution in [0.2, 0.25) is 18.1 Å². The van der Waals surface area contributed by atoms with Gasteiger partial charge in [-0.15, -0.1) is 0 Å². The fourth-order valence-corrected chi connectivity index (χ4v) is 3.26. The molecule has 0 aliphatic carbocycles. The fraction of sp³-hybridized carbons (Fsp3) is 0.733. The van der Waals surface area contributed by atoms with Crippen LogP contribution in [0.1, 0.15) is 33.4 Å². The molecule has 0 spiro atoms. The number of ether oxygens (including phenoxy) is 1. The summed E-state index contributed by atoms with van der Waals surface area (Å²) >= 11 is 0. The standard InChI is InChI=1S/C15H27N3O4Si/c1-15(2,3)23(4,5)21-9-11-10(16)8-13(22-11)18-7-6-12(19)17-14(18)20/h6-7,10-11,13H,8-9,16H2,1-5H3,(H,17,19,20)/t10-,11-,13-/m1/s1. The molecule has 130 valence electrons. The van der Waals surface area contributed by atoms with E-state index in [1.807, 2.05) is 0 Å². The minimum Gasteiger partial charge on any atom is -0.414 e. The Morgan fingerprint density at radius 2 is 2.09 bits per heavy atom. The van der Waals surface area contributed by atoms with Gasteiger partial charge in [0.1, 0.15) is 6.23 Å². The molecule has 1 aromatic heterocycles. The SMILES string of the molecule is CC(C)(C)[Si](C)(C)OC[C@H]1O[C@@H](n2ccc(=O)[nH]c2=O)C[C@H]1N. The Hall–Kier alpha value is -1.22. The van der Waals surface area contributed by atoms with E-state index in [4.69, 9.17) is 14.9 Å². The van der Waals surface area contributed by atoms with Gasteiger partial charge in [0.15, 0.2) is 8.32 Å². The van der Waals surface area contributed by atoms with Crippen molar-refractivity contribution in [2.24, 2.45) is 5.73 Å². The number of aromatic nitrogens is 2. The number of H-pyrrole nitrogens is 1. The maximum atomic E-state index is 11.9. The Morgan fingerprint density at radius 1 is 1.43 bits per heavy atom. The Kier molecular flexibility index (Phi) is 5.00. The smallest absolute Gasteiger partial charge is 0.330 e. The second-order valence-corrected chi connectivity index (χ2v) is 12.4. The third kappa shape index (κ3) is 4.00. The van der Waals surface area contributed by atoms with Crippen molar-refractivity contribution in [1.29, 1.82) is 0 Å². The lowest BCUT2D eigenvalue weighted by Gasteiger charge is -2.37. The number of hydrogen-bond acceptors (Lipinski definition) is 5. The minimum absolute atomic E-state index is 0.116. The van der Waals surface area contributed by atoms with Crippen LogP contribution in [-0.4, -0.2) is 36.6 Å². The summed E-state index contributed by atoms with van der Waals surface area (Å²) in [6.45, 7) is 11.3. The van der Waals surface area contributed by atoms with Crippen molar-refractivity contribution >= 4 is 8.32 Å². The number of aromatic amines is 1. The van der Waals surface area contributed by atoms with Crippen molar-refractivity contribution in [1.82, 2.24) is 9.55 Å². The van der Waals surface area contributed by atoms with Gasteiger partial charge >= 0.3 is 5.69 Å². The van der Waals surface area contributed by atoms with E-state index < -0.39 is 25.8 Å². The number of rotatable bonds is 4. The normalized spacial score (nSPS) is 25.7. The molecule has 0 radical (unpaired) electrons. The molecule has 23 heavy (non-hydrogen) atoms. The first-order chi connectivity index (χ1) is 10.5. The summed E-state index contributed by atoms with van der Waals surface area (Å²) in [5.41, 5.74) is 5.24. The highest BCUT2D eigenvalue weighted by atomic mass is 28.4. The second kappa shape index (κ2) is 6.35. The molecule has 7 nitrogen and oxygen atoms in total. The Morgan fingerprint density at radius 3 is 2.65 bits per heavy atom. The number of nitrogens with zero attached hydrogens (tertiary/aromatic N) is 1. The summed E-state index contributed by atoms with van der Waals surface area (Å²) in [7, 11) is -1.87. The highest BCUT2D eigenvalue weighted by molar-refractivity contribution is 6.74. The van der Waals surface area contributed by atoms with Crippen LogP contribution in [0, 0.1) is 0 Å². The third-order valence-corrected chi connectivity index (χ3v) is 9.36. The maximum absolute atomic E-state index is 11.9. The average Bonchev–Trinajstić information content (AvgIpc) is 2.76. The molecule has 1 aliphatic rings. The topological polar surface area (TPSA) is 99.3 Å². The van der Waals surface area contributed by atoms with E-state index in [9.17, 15) is 9.59 Å². The molecule has 1 aromatic rings. The molecule has 1 fully saturated rings. The Balaban J connectivity index is 2.04. The van der Waals surface area contributed by atoms with Gasteiger partial charge in [-0.2, -0.15) is 0 Å². The predicted octanol–water partition coefficient (Wildman–Crippen LogP) is 1.17. The molecule has 0 bridgehead atoms. The first kappa shape index (κ1) is 18.1. The quantitative estimate of drug-likeness (QED) is 0.801. The van der Waals surface area contributed by atoms with Crippen molar-refractivity contribution in [3.05, 3.63) is 33.1 Å². The molecule has 2 rings (SSSR count). The van der Waals surface area contributed by atoms with E-state index in [1.54, 1.807) is 0 Å². The average molecular weight is 341 g/mol. The molecule has 8 heteroatoms. The van der Waals surface area contributed by atoms with Gasteiger partial charge in [-0.3, -0.25) is 14.3 Å². The Labute approximate surface area is 136 Å². The van der Waals surface area contributed by atoms with Gasteiger partial charge < -0.3 is 14.9 Å². The van der Waals surface area contributed by atoms with Gasteiger partial charge in [0, 0.05) is 24.7 Å². The van der Waals surface area contributed by atoms with Gasteiger partial charge in [-0.05, 0) is 18.1 Å². The number of nitrogens with one attached hydrogen (secondary N) is 1. The zero-order valence-electron chi connectivity index (χ0n) is 14.5. The van der Waals surface area contributed by atoms with Crippen molar-refractivity contribution in [2.75, 3.05) is 6.61 Å². The van der Waals surface area contributed by atoms with Crippen LogP contribution in [0.25, 0.3) is 0 Å². The lowest BCUT2D eigenvalue weighted by molar-refractivity contribution is -0.0246. The molecule has 3 N–H and O–H groups in total. The van der Waals surface area contributed by atoms with Crippen LogP contribution in [0.5, 0.6) is 0 Å². The molecule has 0 saturated carbocycles. The summed E-state index contributed by atoms with van der Waals surface area (Å²) in [5, 5.41) is 0.116. The van der Waals surface area contributed by atoms with Crippen molar-refractivity contribution < 1.29 is 9.16 Å². The lowest BCUT2D eigenvalue weighted by Crippen LogP contribution is -2.45. The predicted molar refractivity (Wildman–Crippen MR) is 91.0 cm³/mol. The van der Waals surface area contributed by atoms with Crippen molar-refractivity contribution in [3.63, 3.8) is 0 Å². The van der Waals surface area contributed by atoms with Crippen LogP contribution in [0.15, 0.2) is 21.9 Å². The first-order valence-corrected chi connectivity index (χ1v) is 10.8. The third-order valence-electron chi connectivity index (χ3n) is 4.86. The highest BCUT2D eigenvalue weighted by Crippen LogP contribution is 2.37. The molecule has 0 amide bonds. The Bertz CT molecular complexity index is 662. The molecule has 1 saturated heterocycles. The van der Waals surface area contributed by atoms with Crippen LogP contribution < -0.4 is 17.0 Å². The molecular weight excluding hydrogens is 314 g/mol. The minimum atomic E-state index is -1.87. The molecule has 1 aliphatic heterocycles. The van der Waals surface area contributed by atoms with Gasteiger partial charge in [0.2, 0.25) is 0 Å². The molecule has 2 heterocycles. The van der Waals surface area contributed by atoms with Crippen molar-refractivity contribution in [2.45, 2.75) is 63.7 Å². The summed E-state index contributed by atoms with van der Waals surface area (Å²) < 4.78 is 13.4. The summed E-state index contributed by atoms with van der Waals surface area (Å²) in [5.74, 6) is 0. The summed E-state index contributed by atoms with van der Waals surface area (Å²) in [6.07, 6.45) is 1.22. The van der Waals surface area contributed by atoms with Gasteiger partial charge in [0.05, 0.1) is 12.7 Å². The highest BCUT2D eigenvalue weighted by Gasteiger charge is 2.40. The summed E-state index contributed by atoms with van der Waals surface area (Å²) in [6, 6.07) is 1.10. The lowest BCUT2D eigenvalue weighted by atomic mass is 10.1. The van der Waals surface area contributed by atoms with E-state index in [-0.39, 0.29) is 17.2 Å². The van der Waals surface area contributed by atoms with Gasteiger partial charge in [-0.1, -0.05) is 20.8 Å². The largest absolute Gasteiger partial charge is 0.414 e. The van der Waals surface area contributed by atoms with Crippen molar-refractivity contribution in [3.8, 4) is 0 Å². The maximum Gasteiger partial charge on any atom is 0.330 e. The number of hydrogen-bond donors (Lipinski definition) is 2. The van der Waals surface area contributed by atoms with Gasteiger partial charge in [-0.25, -0.2) is 4.79 Å². The number of nitrogens with two attached hydrogens (primary N) is 1. The zero-order chi connectivity index (χ0) is 17.4. The van der Waals surface area contributed by atoms with E-state index in [1.165, 1.54) is 16.8 Å². The van der Waals surface area contributed by atoms with Crippen LogP contribution in [0.4, 0.5) is 0 Å². The van der Waals surface area contributed by atoms with Gasteiger partial charge in [0.25, 0.3) is 5.56 Å². The second-order valence-electron chi connectivity index (χ2n) is 7.62. The summed E-state index contributed by atoms with van der Waals surface area (Å²) in [4.78, 5) is 25.2. The van der Waals surface area contributed by atoms with Crippen LogP contribution in [0.3, 0.4) is 0 Å². The molecule has 0 unspecified atom stereocenters. The fourth-order valence-electron chi connectivity index (χ4n) is 2.25. The zero-order valence-corrected chi connectivity index (χ0v) is 15.5. The molecule has 0 aromatic carbocycles. The van der Waals surface area contributed by atoms with E-state index in [0.29, 0.717) is 13.0 Å². The van der Waals surface area contributed by atoms with E-state index in [0.717, 1.165) is 0 Å². The molecule has 3 atom stereocenters. The monoisotopic (exact) mass is 341 g/mol.